The summed E-state index contributed by atoms with van der Waals surface area (Å²) in [6, 6.07) is 6.51. The molecule has 1 fully saturated rings. The third kappa shape index (κ3) is 2.71. The van der Waals surface area contributed by atoms with E-state index in [1.54, 1.807) is 0 Å². The van der Waals surface area contributed by atoms with E-state index in [-0.39, 0.29) is 0 Å². The van der Waals surface area contributed by atoms with Crippen LogP contribution in [0.3, 0.4) is 0 Å². The van der Waals surface area contributed by atoms with E-state index in [0.717, 1.165) is 30.5 Å². The topological polar surface area (TPSA) is 30.5 Å². The molecule has 19 heavy (non-hydrogen) atoms. The van der Waals surface area contributed by atoms with Crippen molar-refractivity contribution in [2.24, 2.45) is 5.92 Å². The van der Waals surface area contributed by atoms with Crippen molar-refractivity contribution in [2.45, 2.75) is 32.1 Å². The Bertz CT molecular complexity index is 431. The van der Waals surface area contributed by atoms with E-state index < -0.39 is 0 Å². The highest BCUT2D eigenvalue weighted by Crippen LogP contribution is 2.38. The van der Waals surface area contributed by atoms with Gasteiger partial charge in [-0.1, -0.05) is 19.4 Å². The molecule has 2 atom stereocenters. The number of nitrogens with one attached hydrogen (secondary N) is 1. The number of ether oxygens (including phenoxy) is 2. The first kappa shape index (κ1) is 12.8. The second kappa shape index (κ2) is 5.83. The number of fused-ring (bicyclic) bond motifs is 1. The van der Waals surface area contributed by atoms with Crippen LogP contribution in [0, 0.1) is 5.92 Å². The molecule has 2 unspecified atom stereocenters. The fourth-order valence-electron chi connectivity index (χ4n) is 3.33. The van der Waals surface area contributed by atoms with Crippen LogP contribution in [0.5, 0.6) is 11.5 Å². The molecule has 2 aliphatic rings. The second-order valence-corrected chi connectivity index (χ2v) is 5.55. The number of hydrogen-bond donors (Lipinski definition) is 1. The summed E-state index contributed by atoms with van der Waals surface area (Å²) in [7, 11) is 0. The van der Waals surface area contributed by atoms with Gasteiger partial charge in [-0.15, -0.1) is 0 Å². The summed E-state index contributed by atoms with van der Waals surface area (Å²) < 4.78 is 11.3. The van der Waals surface area contributed by atoms with Crippen molar-refractivity contribution < 1.29 is 9.47 Å². The van der Waals surface area contributed by atoms with E-state index >= 15 is 0 Å². The van der Waals surface area contributed by atoms with Gasteiger partial charge in [0, 0.05) is 0 Å². The first-order valence-electron chi connectivity index (χ1n) is 7.48. The Morgan fingerprint density at radius 2 is 2.05 bits per heavy atom. The second-order valence-electron chi connectivity index (χ2n) is 5.55. The number of rotatable bonds is 3. The van der Waals surface area contributed by atoms with Gasteiger partial charge in [-0.05, 0) is 55.5 Å². The summed E-state index contributed by atoms with van der Waals surface area (Å²) in [5.41, 5.74) is 1.42. The molecule has 2 aliphatic heterocycles. The molecule has 1 saturated heterocycles. The van der Waals surface area contributed by atoms with Crippen LogP contribution in [0.4, 0.5) is 0 Å². The van der Waals surface area contributed by atoms with Crippen molar-refractivity contribution in [3.63, 3.8) is 0 Å². The molecule has 1 aromatic carbocycles. The highest BCUT2D eigenvalue weighted by Gasteiger charge is 2.26. The van der Waals surface area contributed by atoms with Crippen molar-refractivity contribution in [1.29, 1.82) is 0 Å². The fraction of sp³-hybridized carbons (Fsp3) is 0.625. The molecular weight excluding hydrogens is 238 g/mol. The van der Waals surface area contributed by atoms with Crippen molar-refractivity contribution in [3.8, 4) is 11.5 Å². The van der Waals surface area contributed by atoms with Crippen LogP contribution >= 0.6 is 0 Å². The molecule has 0 radical (unpaired) electrons. The molecular formula is C16H23NO2. The lowest BCUT2D eigenvalue weighted by atomic mass is 9.79. The first-order chi connectivity index (χ1) is 9.38. The molecule has 2 heterocycles. The quantitative estimate of drug-likeness (QED) is 0.907. The summed E-state index contributed by atoms with van der Waals surface area (Å²) in [6.07, 6.45) is 3.78. The Kier molecular flexibility index (Phi) is 3.92. The maximum atomic E-state index is 5.71. The van der Waals surface area contributed by atoms with Gasteiger partial charge in [0.1, 0.15) is 13.2 Å². The number of hydrogen-bond acceptors (Lipinski definition) is 3. The van der Waals surface area contributed by atoms with Gasteiger partial charge in [0.2, 0.25) is 0 Å². The smallest absolute Gasteiger partial charge is 0.161 e. The van der Waals surface area contributed by atoms with Gasteiger partial charge in [0.15, 0.2) is 11.5 Å². The van der Waals surface area contributed by atoms with Crippen LogP contribution in [0.15, 0.2) is 18.2 Å². The van der Waals surface area contributed by atoms with Gasteiger partial charge < -0.3 is 14.8 Å². The Morgan fingerprint density at radius 1 is 1.21 bits per heavy atom. The first-order valence-corrected chi connectivity index (χ1v) is 7.48. The van der Waals surface area contributed by atoms with Crippen molar-refractivity contribution in [3.05, 3.63) is 23.8 Å². The Morgan fingerprint density at radius 3 is 2.89 bits per heavy atom. The zero-order valence-corrected chi connectivity index (χ0v) is 11.7. The summed E-state index contributed by atoms with van der Waals surface area (Å²) >= 11 is 0. The monoisotopic (exact) mass is 261 g/mol. The minimum atomic E-state index is 0.664. The highest BCUT2D eigenvalue weighted by molar-refractivity contribution is 5.45. The number of piperidine rings is 1. The van der Waals surface area contributed by atoms with Gasteiger partial charge in [0.25, 0.3) is 0 Å². The van der Waals surface area contributed by atoms with Gasteiger partial charge in [0.05, 0.1) is 0 Å². The van der Waals surface area contributed by atoms with Crippen LogP contribution in [-0.4, -0.2) is 26.3 Å². The van der Waals surface area contributed by atoms with Crippen LogP contribution in [0.1, 0.15) is 37.7 Å². The molecule has 3 rings (SSSR count). The maximum Gasteiger partial charge on any atom is 0.161 e. The summed E-state index contributed by atoms with van der Waals surface area (Å²) in [6.45, 7) is 5.88. The van der Waals surface area contributed by atoms with E-state index in [9.17, 15) is 0 Å². The van der Waals surface area contributed by atoms with Gasteiger partial charge >= 0.3 is 0 Å². The van der Waals surface area contributed by atoms with E-state index in [1.807, 2.05) is 0 Å². The van der Waals surface area contributed by atoms with Crippen molar-refractivity contribution in [1.82, 2.24) is 5.32 Å². The minimum absolute atomic E-state index is 0.664. The van der Waals surface area contributed by atoms with E-state index in [0.29, 0.717) is 19.1 Å². The van der Waals surface area contributed by atoms with Gasteiger partial charge in [-0.2, -0.15) is 0 Å². The summed E-state index contributed by atoms with van der Waals surface area (Å²) in [5, 5.41) is 3.53. The largest absolute Gasteiger partial charge is 0.486 e. The highest BCUT2D eigenvalue weighted by atomic mass is 16.6. The normalized spacial score (nSPS) is 26.2. The van der Waals surface area contributed by atoms with Crippen LogP contribution < -0.4 is 14.8 Å². The zero-order chi connectivity index (χ0) is 13.1. The molecule has 1 N–H and O–H groups in total. The molecule has 0 saturated carbocycles. The molecule has 0 aliphatic carbocycles. The Labute approximate surface area is 115 Å². The van der Waals surface area contributed by atoms with Crippen LogP contribution in [0.2, 0.25) is 0 Å². The predicted octanol–water partition coefficient (Wildman–Crippen LogP) is 2.95. The average molecular weight is 261 g/mol. The predicted molar refractivity (Wildman–Crippen MR) is 76.1 cm³/mol. The molecule has 0 amide bonds. The standard InChI is InChI=1S/C16H23NO2/c1-2-3-13-11-17-7-6-14(13)12-4-5-15-16(10-12)19-9-8-18-15/h4-5,10,13-14,17H,2-3,6-9,11H2,1H3. The van der Waals surface area contributed by atoms with Crippen molar-refractivity contribution >= 4 is 0 Å². The van der Waals surface area contributed by atoms with Crippen LogP contribution in [0.25, 0.3) is 0 Å². The third-order valence-corrected chi connectivity index (χ3v) is 4.26. The Hall–Kier alpha value is -1.22. The molecule has 0 spiro atoms. The zero-order valence-electron chi connectivity index (χ0n) is 11.7. The van der Waals surface area contributed by atoms with Gasteiger partial charge in [-0.3, -0.25) is 0 Å². The molecule has 0 aromatic heterocycles. The number of benzene rings is 1. The van der Waals surface area contributed by atoms with Crippen molar-refractivity contribution in [2.75, 3.05) is 26.3 Å². The summed E-state index contributed by atoms with van der Waals surface area (Å²) in [5.74, 6) is 3.24. The third-order valence-electron chi connectivity index (χ3n) is 4.26. The fourth-order valence-corrected chi connectivity index (χ4v) is 3.33. The molecule has 3 nitrogen and oxygen atoms in total. The summed E-state index contributed by atoms with van der Waals surface area (Å²) in [4.78, 5) is 0. The van der Waals surface area contributed by atoms with E-state index in [4.69, 9.17) is 9.47 Å². The lowest BCUT2D eigenvalue weighted by Crippen LogP contribution is -2.35. The lowest BCUT2D eigenvalue weighted by Gasteiger charge is -2.33. The average Bonchev–Trinajstić information content (AvgIpc) is 2.48. The lowest BCUT2D eigenvalue weighted by molar-refractivity contribution is 0.171. The van der Waals surface area contributed by atoms with E-state index in [2.05, 4.69) is 30.4 Å². The van der Waals surface area contributed by atoms with Gasteiger partial charge in [-0.25, -0.2) is 0 Å². The molecule has 104 valence electrons. The minimum Gasteiger partial charge on any atom is -0.486 e. The molecule has 3 heteroatoms. The Balaban J connectivity index is 1.83. The maximum absolute atomic E-state index is 5.71. The molecule has 1 aromatic rings. The van der Waals surface area contributed by atoms with E-state index in [1.165, 1.54) is 24.8 Å². The van der Waals surface area contributed by atoms with Crippen LogP contribution in [-0.2, 0) is 0 Å². The SMILES string of the molecule is CCCC1CNCCC1c1ccc2c(c1)OCCO2. The molecule has 0 bridgehead atoms.